The Bertz CT molecular complexity index is 968. The number of nitrogens with one attached hydrogen (secondary N) is 1. The maximum absolute atomic E-state index is 10.9. The van der Waals surface area contributed by atoms with Gasteiger partial charge in [0.25, 0.3) is 5.69 Å². The third-order valence-electron chi connectivity index (χ3n) is 4.75. The number of rotatable bonds is 5. The molecule has 1 aromatic heterocycles. The Balaban J connectivity index is 1.55. The molecular formula is C20H20N4O2S. The molecule has 7 heteroatoms. The number of nitro groups is 1. The largest absolute Gasteiger partial charge is 0.306 e. The lowest BCUT2D eigenvalue weighted by molar-refractivity contribution is -0.384. The van der Waals surface area contributed by atoms with E-state index in [1.807, 2.05) is 25.0 Å². The van der Waals surface area contributed by atoms with Crippen molar-refractivity contribution in [1.29, 1.82) is 0 Å². The summed E-state index contributed by atoms with van der Waals surface area (Å²) < 4.78 is 1.79. The average Bonchev–Trinajstić information content (AvgIpc) is 3.07. The van der Waals surface area contributed by atoms with Crippen LogP contribution in [-0.4, -0.2) is 20.5 Å². The Labute approximate surface area is 161 Å². The van der Waals surface area contributed by atoms with Gasteiger partial charge in [-0.1, -0.05) is 18.2 Å². The van der Waals surface area contributed by atoms with Gasteiger partial charge in [0.05, 0.1) is 10.6 Å². The summed E-state index contributed by atoms with van der Waals surface area (Å²) in [4.78, 5) is 11.8. The van der Waals surface area contributed by atoms with Crippen molar-refractivity contribution < 1.29 is 4.92 Å². The van der Waals surface area contributed by atoms with Crippen LogP contribution in [0.4, 0.5) is 5.69 Å². The molecule has 6 nitrogen and oxygen atoms in total. The van der Waals surface area contributed by atoms with Crippen LogP contribution in [0.3, 0.4) is 0 Å². The van der Waals surface area contributed by atoms with Crippen LogP contribution in [0.1, 0.15) is 23.6 Å². The minimum Gasteiger partial charge on any atom is -0.306 e. The molecule has 0 radical (unpaired) electrons. The van der Waals surface area contributed by atoms with Crippen molar-refractivity contribution in [1.82, 2.24) is 15.1 Å². The molecule has 27 heavy (non-hydrogen) atoms. The first-order valence-corrected chi connectivity index (χ1v) is 9.83. The molecule has 2 aromatic carbocycles. The van der Waals surface area contributed by atoms with Gasteiger partial charge >= 0.3 is 0 Å². The van der Waals surface area contributed by atoms with Gasteiger partial charge in [0.15, 0.2) is 0 Å². The molecule has 138 valence electrons. The van der Waals surface area contributed by atoms with E-state index in [0.717, 1.165) is 29.0 Å². The van der Waals surface area contributed by atoms with Crippen molar-refractivity contribution in [2.24, 2.45) is 7.05 Å². The molecule has 0 bridgehead atoms. The Morgan fingerprint density at radius 2 is 2.04 bits per heavy atom. The molecule has 1 atom stereocenters. The molecule has 2 heterocycles. The van der Waals surface area contributed by atoms with Crippen molar-refractivity contribution >= 4 is 17.4 Å². The minimum atomic E-state index is -0.386. The monoisotopic (exact) mass is 380 g/mol. The molecule has 1 aliphatic rings. The number of thioether (sulfide) groups is 1. The van der Waals surface area contributed by atoms with Crippen molar-refractivity contribution in [2.75, 3.05) is 5.75 Å². The molecule has 3 aromatic rings. The highest BCUT2D eigenvalue weighted by Gasteiger charge is 2.21. The number of benzene rings is 2. The number of aromatic nitrogens is 2. The second-order valence-corrected chi connectivity index (χ2v) is 7.73. The standard InChI is InChI=1S/C20H20N4O2S/c1-23-13-15(20(22-23)14-6-8-16(9-7-14)24(25)26)12-21-18-10-11-27-19-5-3-2-4-17(18)19/h2-9,13,18,21H,10-12H2,1H3. The number of hydrogen-bond acceptors (Lipinski definition) is 5. The summed E-state index contributed by atoms with van der Waals surface area (Å²) in [6, 6.07) is 15.4. The smallest absolute Gasteiger partial charge is 0.269 e. The van der Waals surface area contributed by atoms with Crippen molar-refractivity contribution in [3.8, 4) is 11.3 Å². The number of nitro benzene ring substituents is 1. The van der Waals surface area contributed by atoms with Gasteiger partial charge in [-0.3, -0.25) is 14.8 Å². The second-order valence-electron chi connectivity index (χ2n) is 6.59. The number of non-ortho nitro benzene ring substituents is 1. The predicted octanol–water partition coefficient (Wildman–Crippen LogP) is 4.32. The van der Waals surface area contributed by atoms with Crippen LogP contribution in [0, 0.1) is 10.1 Å². The van der Waals surface area contributed by atoms with Gasteiger partial charge in [0.2, 0.25) is 0 Å². The summed E-state index contributed by atoms with van der Waals surface area (Å²) in [5.74, 6) is 1.11. The summed E-state index contributed by atoms with van der Waals surface area (Å²) in [5, 5.41) is 19.1. The van der Waals surface area contributed by atoms with Gasteiger partial charge in [0, 0.05) is 54.0 Å². The van der Waals surface area contributed by atoms with Crippen LogP contribution in [0.2, 0.25) is 0 Å². The molecule has 0 saturated carbocycles. The van der Waals surface area contributed by atoms with Crippen LogP contribution in [0.15, 0.2) is 59.6 Å². The number of aryl methyl sites for hydroxylation is 1. The van der Waals surface area contributed by atoms with E-state index < -0.39 is 0 Å². The number of nitrogens with zero attached hydrogens (tertiary/aromatic N) is 3. The summed E-state index contributed by atoms with van der Waals surface area (Å²) in [7, 11) is 1.89. The Hall–Kier alpha value is -2.64. The molecule has 0 spiro atoms. The van der Waals surface area contributed by atoms with E-state index in [9.17, 15) is 10.1 Å². The molecular weight excluding hydrogens is 360 g/mol. The predicted molar refractivity (Wildman–Crippen MR) is 107 cm³/mol. The number of fused-ring (bicyclic) bond motifs is 1. The average molecular weight is 380 g/mol. The van der Waals surface area contributed by atoms with E-state index in [1.54, 1.807) is 16.8 Å². The van der Waals surface area contributed by atoms with Gasteiger partial charge in [-0.15, -0.1) is 11.8 Å². The SMILES string of the molecule is Cn1cc(CNC2CCSc3ccccc32)c(-c2ccc([N+](=O)[O-])cc2)n1. The highest BCUT2D eigenvalue weighted by Crippen LogP contribution is 2.36. The Kier molecular flexibility index (Phi) is 4.96. The minimum absolute atomic E-state index is 0.0886. The second kappa shape index (κ2) is 7.54. The highest BCUT2D eigenvalue weighted by atomic mass is 32.2. The lowest BCUT2D eigenvalue weighted by atomic mass is 10.0. The highest BCUT2D eigenvalue weighted by molar-refractivity contribution is 7.99. The fourth-order valence-corrected chi connectivity index (χ4v) is 4.56. The Morgan fingerprint density at radius 3 is 2.81 bits per heavy atom. The fraction of sp³-hybridized carbons (Fsp3) is 0.250. The van der Waals surface area contributed by atoms with Crippen LogP contribution in [-0.2, 0) is 13.6 Å². The molecule has 1 unspecified atom stereocenters. The van der Waals surface area contributed by atoms with Crippen molar-refractivity contribution in [3.05, 3.63) is 76.0 Å². The van der Waals surface area contributed by atoms with Crippen molar-refractivity contribution in [2.45, 2.75) is 23.9 Å². The third kappa shape index (κ3) is 3.74. The third-order valence-corrected chi connectivity index (χ3v) is 5.88. The maximum Gasteiger partial charge on any atom is 0.269 e. The summed E-state index contributed by atoms with van der Waals surface area (Å²) in [6.07, 6.45) is 3.10. The zero-order valence-electron chi connectivity index (χ0n) is 15.0. The van der Waals surface area contributed by atoms with E-state index in [4.69, 9.17) is 0 Å². The molecule has 4 rings (SSSR count). The quantitative estimate of drug-likeness (QED) is 0.527. The first kappa shape index (κ1) is 17.8. The topological polar surface area (TPSA) is 73.0 Å². The van der Waals surface area contributed by atoms with Crippen LogP contribution >= 0.6 is 11.8 Å². The summed E-state index contributed by atoms with van der Waals surface area (Å²) >= 11 is 1.91. The zero-order chi connectivity index (χ0) is 18.8. The van der Waals surface area contributed by atoms with Gasteiger partial charge in [-0.05, 0) is 35.9 Å². The summed E-state index contributed by atoms with van der Waals surface area (Å²) in [6.45, 7) is 0.698. The van der Waals surface area contributed by atoms with Gasteiger partial charge < -0.3 is 5.32 Å². The molecule has 0 saturated heterocycles. The van der Waals surface area contributed by atoms with E-state index in [0.29, 0.717) is 12.6 Å². The molecule has 0 aliphatic carbocycles. The maximum atomic E-state index is 10.9. The molecule has 0 fully saturated rings. The first-order chi connectivity index (χ1) is 13.1. The molecule has 1 N–H and O–H groups in total. The first-order valence-electron chi connectivity index (χ1n) is 8.84. The van der Waals surface area contributed by atoms with E-state index >= 15 is 0 Å². The fourth-order valence-electron chi connectivity index (χ4n) is 3.44. The lowest BCUT2D eigenvalue weighted by Gasteiger charge is -2.26. The normalized spacial score (nSPS) is 16.1. The summed E-state index contributed by atoms with van der Waals surface area (Å²) in [5.41, 5.74) is 4.28. The number of hydrogen-bond donors (Lipinski definition) is 1. The van der Waals surface area contributed by atoms with E-state index in [2.05, 4.69) is 34.7 Å². The van der Waals surface area contributed by atoms with E-state index in [1.165, 1.54) is 22.6 Å². The lowest BCUT2D eigenvalue weighted by Crippen LogP contribution is -2.24. The van der Waals surface area contributed by atoms with Gasteiger partial charge in [-0.2, -0.15) is 5.10 Å². The molecule has 1 aliphatic heterocycles. The van der Waals surface area contributed by atoms with Crippen LogP contribution < -0.4 is 5.32 Å². The van der Waals surface area contributed by atoms with Crippen LogP contribution in [0.5, 0.6) is 0 Å². The zero-order valence-corrected chi connectivity index (χ0v) is 15.8. The van der Waals surface area contributed by atoms with Crippen molar-refractivity contribution in [3.63, 3.8) is 0 Å². The Morgan fingerprint density at radius 1 is 1.26 bits per heavy atom. The van der Waals surface area contributed by atoms with Gasteiger partial charge in [0.1, 0.15) is 0 Å². The van der Waals surface area contributed by atoms with E-state index in [-0.39, 0.29) is 10.6 Å². The van der Waals surface area contributed by atoms with Gasteiger partial charge in [-0.25, -0.2) is 0 Å². The molecule has 0 amide bonds. The van der Waals surface area contributed by atoms with Crippen LogP contribution in [0.25, 0.3) is 11.3 Å².